The maximum Gasteiger partial charge on any atom is 0.407 e. The number of carbonyl (C=O) groups is 3. The van der Waals surface area contributed by atoms with Gasteiger partial charge in [0.05, 0.1) is 6.42 Å². The van der Waals surface area contributed by atoms with E-state index in [4.69, 9.17) is 9.84 Å². The van der Waals surface area contributed by atoms with Gasteiger partial charge in [-0.15, -0.1) is 0 Å². The van der Waals surface area contributed by atoms with Crippen LogP contribution in [0.25, 0.3) is 11.1 Å². The summed E-state index contributed by atoms with van der Waals surface area (Å²) in [6.07, 6.45) is 0.475. The van der Waals surface area contributed by atoms with E-state index < -0.39 is 24.0 Å². The van der Waals surface area contributed by atoms with Gasteiger partial charge < -0.3 is 20.5 Å². The van der Waals surface area contributed by atoms with Crippen LogP contribution < -0.4 is 10.6 Å². The third-order valence-electron chi connectivity index (χ3n) is 5.16. The number of carboxylic acids is 1. The van der Waals surface area contributed by atoms with Crippen LogP contribution in [-0.4, -0.2) is 42.3 Å². The lowest BCUT2D eigenvalue weighted by Crippen LogP contribution is -2.43. The van der Waals surface area contributed by atoms with Gasteiger partial charge in [0.25, 0.3) is 0 Å². The first kappa shape index (κ1) is 21.4. The van der Waals surface area contributed by atoms with Crippen LogP contribution in [0.1, 0.15) is 43.2 Å². The van der Waals surface area contributed by atoms with Gasteiger partial charge in [-0.05, 0) is 28.7 Å². The number of hydrogen-bond acceptors (Lipinski definition) is 4. The maximum absolute atomic E-state index is 12.1. The average Bonchev–Trinajstić information content (AvgIpc) is 3.04. The summed E-state index contributed by atoms with van der Waals surface area (Å²) < 4.78 is 5.38. The van der Waals surface area contributed by atoms with Crippen LogP contribution in [0.2, 0.25) is 0 Å². The third-order valence-corrected chi connectivity index (χ3v) is 5.16. The Morgan fingerprint density at radius 1 is 1.03 bits per heavy atom. The van der Waals surface area contributed by atoms with Gasteiger partial charge in [0.1, 0.15) is 13.2 Å². The van der Waals surface area contributed by atoms with E-state index >= 15 is 0 Å². The van der Waals surface area contributed by atoms with Crippen LogP contribution in [-0.2, 0) is 14.3 Å². The Balaban J connectivity index is 1.52. The molecule has 2 aromatic carbocycles. The number of fused-ring (bicyclic) bond motifs is 3. The highest BCUT2D eigenvalue weighted by Crippen LogP contribution is 2.44. The molecule has 0 fully saturated rings. The Hall–Kier alpha value is -3.35. The first-order valence-corrected chi connectivity index (χ1v) is 10.1. The second kappa shape index (κ2) is 9.91. The zero-order valence-corrected chi connectivity index (χ0v) is 16.9. The minimum Gasteiger partial charge on any atom is -0.481 e. The molecule has 3 N–H and O–H groups in total. The summed E-state index contributed by atoms with van der Waals surface area (Å²) in [5.41, 5.74) is 4.50. The third kappa shape index (κ3) is 5.17. The molecule has 3 rings (SSSR count). The summed E-state index contributed by atoms with van der Waals surface area (Å²) >= 11 is 0. The molecule has 2 aromatic rings. The van der Waals surface area contributed by atoms with E-state index in [0.29, 0.717) is 6.42 Å². The number of amides is 2. The van der Waals surface area contributed by atoms with E-state index in [9.17, 15) is 14.4 Å². The van der Waals surface area contributed by atoms with Crippen LogP contribution in [0.5, 0.6) is 0 Å². The summed E-state index contributed by atoms with van der Waals surface area (Å²) in [5, 5.41) is 14.0. The SMILES string of the molecule is CCCC(CC(=O)O)NC(=O)CNC(=O)OCC1c2ccccc2-c2ccccc21. The fourth-order valence-electron chi connectivity index (χ4n) is 3.87. The number of ether oxygens (including phenoxy) is 1. The summed E-state index contributed by atoms with van der Waals surface area (Å²) in [5.74, 6) is -1.47. The molecule has 0 spiro atoms. The highest BCUT2D eigenvalue weighted by molar-refractivity contribution is 5.83. The van der Waals surface area contributed by atoms with Crippen LogP contribution >= 0.6 is 0 Å². The van der Waals surface area contributed by atoms with Crippen molar-refractivity contribution in [3.05, 3.63) is 59.7 Å². The molecule has 158 valence electrons. The van der Waals surface area contributed by atoms with Crippen LogP contribution in [0, 0.1) is 0 Å². The molecule has 0 aliphatic heterocycles. The Kier molecular flexibility index (Phi) is 7.06. The van der Waals surface area contributed by atoms with Crippen molar-refractivity contribution in [3.63, 3.8) is 0 Å². The van der Waals surface area contributed by atoms with Gasteiger partial charge in [-0.1, -0.05) is 61.9 Å². The average molecular weight is 410 g/mol. The molecule has 1 aliphatic rings. The van der Waals surface area contributed by atoms with Gasteiger partial charge in [0.15, 0.2) is 0 Å². The predicted octanol–water partition coefficient (Wildman–Crippen LogP) is 3.28. The molecule has 0 aromatic heterocycles. The Morgan fingerprint density at radius 3 is 2.20 bits per heavy atom. The van der Waals surface area contributed by atoms with Crippen molar-refractivity contribution in [1.82, 2.24) is 10.6 Å². The van der Waals surface area contributed by atoms with Crippen LogP contribution in [0.15, 0.2) is 48.5 Å². The van der Waals surface area contributed by atoms with E-state index in [1.54, 1.807) is 0 Å². The molecule has 0 heterocycles. The normalized spacial score (nSPS) is 13.1. The lowest BCUT2D eigenvalue weighted by molar-refractivity contribution is -0.137. The van der Waals surface area contributed by atoms with Crippen molar-refractivity contribution >= 4 is 18.0 Å². The molecule has 2 amide bonds. The molecule has 0 saturated heterocycles. The van der Waals surface area contributed by atoms with E-state index in [-0.39, 0.29) is 25.5 Å². The van der Waals surface area contributed by atoms with Crippen molar-refractivity contribution < 1.29 is 24.2 Å². The fourth-order valence-corrected chi connectivity index (χ4v) is 3.87. The highest BCUT2D eigenvalue weighted by Gasteiger charge is 2.29. The number of aliphatic carboxylic acids is 1. The van der Waals surface area contributed by atoms with Gasteiger partial charge in [-0.25, -0.2) is 4.79 Å². The number of rotatable bonds is 9. The van der Waals surface area contributed by atoms with E-state index in [2.05, 4.69) is 22.8 Å². The molecule has 0 bridgehead atoms. The zero-order chi connectivity index (χ0) is 21.5. The largest absolute Gasteiger partial charge is 0.481 e. The fraction of sp³-hybridized carbons (Fsp3) is 0.348. The molecule has 7 heteroatoms. The lowest BCUT2D eigenvalue weighted by atomic mass is 9.98. The van der Waals surface area contributed by atoms with Crippen molar-refractivity contribution in [3.8, 4) is 11.1 Å². The van der Waals surface area contributed by atoms with Gasteiger partial charge in [0.2, 0.25) is 5.91 Å². The van der Waals surface area contributed by atoms with Crippen molar-refractivity contribution in [2.45, 2.75) is 38.1 Å². The summed E-state index contributed by atoms with van der Waals surface area (Å²) in [4.78, 5) is 35.0. The molecule has 1 aliphatic carbocycles. The first-order valence-electron chi connectivity index (χ1n) is 10.1. The van der Waals surface area contributed by atoms with Crippen LogP contribution in [0.4, 0.5) is 4.79 Å². The van der Waals surface area contributed by atoms with Gasteiger partial charge in [0, 0.05) is 12.0 Å². The lowest BCUT2D eigenvalue weighted by Gasteiger charge is -2.17. The topological polar surface area (TPSA) is 105 Å². The van der Waals surface area contributed by atoms with E-state index in [1.807, 2.05) is 43.3 Å². The number of nitrogens with one attached hydrogen (secondary N) is 2. The minimum atomic E-state index is -0.974. The summed E-state index contributed by atoms with van der Waals surface area (Å²) in [6.45, 7) is 1.81. The molecular weight excluding hydrogens is 384 g/mol. The van der Waals surface area contributed by atoms with Crippen LogP contribution in [0.3, 0.4) is 0 Å². The molecule has 1 atom stereocenters. The smallest absolute Gasteiger partial charge is 0.407 e. The second-order valence-corrected chi connectivity index (χ2v) is 7.33. The van der Waals surface area contributed by atoms with Crippen molar-refractivity contribution in [1.29, 1.82) is 0 Å². The molecule has 1 unspecified atom stereocenters. The van der Waals surface area contributed by atoms with Gasteiger partial charge in [-0.2, -0.15) is 0 Å². The number of carbonyl (C=O) groups excluding carboxylic acids is 2. The number of alkyl carbamates (subject to hydrolysis) is 1. The predicted molar refractivity (Wildman–Crippen MR) is 112 cm³/mol. The molecule has 0 radical (unpaired) electrons. The van der Waals surface area contributed by atoms with Gasteiger partial charge in [-0.3, -0.25) is 9.59 Å². The Bertz CT molecular complexity index is 882. The molecule has 30 heavy (non-hydrogen) atoms. The quantitative estimate of drug-likeness (QED) is 0.588. The summed E-state index contributed by atoms with van der Waals surface area (Å²) in [6, 6.07) is 15.6. The zero-order valence-electron chi connectivity index (χ0n) is 16.9. The number of hydrogen-bond donors (Lipinski definition) is 3. The summed E-state index contributed by atoms with van der Waals surface area (Å²) in [7, 11) is 0. The van der Waals surface area contributed by atoms with Crippen molar-refractivity contribution in [2.24, 2.45) is 0 Å². The molecular formula is C23H26N2O5. The molecule has 7 nitrogen and oxygen atoms in total. The monoisotopic (exact) mass is 410 g/mol. The second-order valence-electron chi connectivity index (χ2n) is 7.33. The minimum absolute atomic E-state index is 0.0542. The van der Waals surface area contributed by atoms with E-state index in [1.165, 1.54) is 0 Å². The van der Waals surface area contributed by atoms with E-state index in [0.717, 1.165) is 28.7 Å². The highest BCUT2D eigenvalue weighted by atomic mass is 16.5. The first-order chi connectivity index (χ1) is 14.5. The number of benzene rings is 2. The number of carboxylic acid groups (broad SMARTS) is 1. The Labute approximate surface area is 175 Å². The maximum atomic E-state index is 12.1. The molecule has 0 saturated carbocycles. The van der Waals surface area contributed by atoms with Crippen molar-refractivity contribution in [2.75, 3.05) is 13.2 Å². The standard InChI is InChI=1S/C23H26N2O5/c1-2-7-15(12-22(27)28)25-21(26)13-24-23(29)30-14-20-18-10-5-3-8-16(18)17-9-4-6-11-19(17)20/h3-6,8-11,15,20H,2,7,12-14H2,1H3,(H,24,29)(H,25,26)(H,27,28). The van der Waals surface area contributed by atoms with Gasteiger partial charge >= 0.3 is 12.1 Å². The Morgan fingerprint density at radius 2 is 1.63 bits per heavy atom.